The standard InChI is InChI=1S/C13H14OS2/c1-15-13-7-3-2-6-11(13)12(14)9-10-5-4-8-16-10/h2-8,12,14H,9H2,1H3. The van der Waals surface area contributed by atoms with E-state index < -0.39 is 6.10 Å². The van der Waals surface area contributed by atoms with Gasteiger partial charge < -0.3 is 5.11 Å². The molecule has 1 aromatic carbocycles. The molecule has 1 unspecified atom stereocenters. The van der Waals surface area contributed by atoms with Gasteiger partial charge in [-0.3, -0.25) is 0 Å². The van der Waals surface area contributed by atoms with Crippen LogP contribution in [0.15, 0.2) is 46.7 Å². The molecule has 0 bridgehead atoms. The summed E-state index contributed by atoms with van der Waals surface area (Å²) in [4.78, 5) is 2.38. The van der Waals surface area contributed by atoms with Gasteiger partial charge in [0.2, 0.25) is 0 Å². The summed E-state index contributed by atoms with van der Waals surface area (Å²) in [5, 5.41) is 12.2. The quantitative estimate of drug-likeness (QED) is 0.834. The van der Waals surface area contributed by atoms with E-state index in [1.165, 1.54) is 4.88 Å². The van der Waals surface area contributed by atoms with E-state index in [1.807, 2.05) is 35.9 Å². The number of hydrogen-bond donors (Lipinski definition) is 1. The van der Waals surface area contributed by atoms with E-state index in [-0.39, 0.29) is 0 Å². The number of aliphatic hydroxyl groups excluding tert-OH is 1. The van der Waals surface area contributed by atoms with Gasteiger partial charge in [0.1, 0.15) is 0 Å². The Kier molecular flexibility index (Phi) is 4.04. The number of rotatable bonds is 4. The Morgan fingerprint density at radius 2 is 2.06 bits per heavy atom. The highest BCUT2D eigenvalue weighted by Crippen LogP contribution is 2.28. The first-order valence-corrected chi connectivity index (χ1v) is 7.25. The first-order chi connectivity index (χ1) is 7.81. The van der Waals surface area contributed by atoms with Crippen molar-refractivity contribution in [2.45, 2.75) is 17.4 Å². The van der Waals surface area contributed by atoms with Gasteiger partial charge in [0.25, 0.3) is 0 Å². The molecular weight excluding hydrogens is 236 g/mol. The van der Waals surface area contributed by atoms with Crippen LogP contribution in [0.25, 0.3) is 0 Å². The number of thioether (sulfide) groups is 1. The summed E-state index contributed by atoms with van der Waals surface area (Å²) in [6, 6.07) is 12.1. The molecule has 0 saturated heterocycles. The van der Waals surface area contributed by atoms with E-state index in [0.29, 0.717) is 6.42 Å². The van der Waals surface area contributed by atoms with Crippen molar-refractivity contribution in [2.75, 3.05) is 6.26 Å². The third-order valence-corrected chi connectivity index (χ3v) is 4.18. The Morgan fingerprint density at radius 1 is 1.25 bits per heavy atom. The highest BCUT2D eigenvalue weighted by atomic mass is 32.2. The van der Waals surface area contributed by atoms with Crippen LogP contribution >= 0.6 is 23.1 Å². The summed E-state index contributed by atoms with van der Waals surface area (Å²) in [6.45, 7) is 0. The molecule has 0 fully saturated rings. The van der Waals surface area contributed by atoms with Crippen molar-refractivity contribution in [3.63, 3.8) is 0 Å². The van der Waals surface area contributed by atoms with Crippen LogP contribution in [0.2, 0.25) is 0 Å². The van der Waals surface area contributed by atoms with Crippen molar-refractivity contribution in [1.29, 1.82) is 0 Å². The molecule has 1 heterocycles. The monoisotopic (exact) mass is 250 g/mol. The molecule has 1 atom stereocenters. The second-order valence-electron chi connectivity index (χ2n) is 3.54. The molecule has 2 aromatic rings. The van der Waals surface area contributed by atoms with Crippen LogP contribution in [0.4, 0.5) is 0 Å². The molecular formula is C13H14OS2. The lowest BCUT2D eigenvalue weighted by Crippen LogP contribution is -2.01. The van der Waals surface area contributed by atoms with Crippen LogP contribution in [0, 0.1) is 0 Å². The number of hydrogen-bond acceptors (Lipinski definition) is 3. The predicted molar refractivity (Wildman–Crippen MR) is 71.2 cm³/mol. The van der Waals surface area contributed by atoms with Crippen LogP contribution in [0.1, 0.15) is 16.5 Å². The Hall–Kier alpha value is -0.770. The number of benzene rings is 1. The first-order valence-electron chi connectivity index (χ1n) is 5.14. The third-order valence-electron chi connectivity index (χ3n) is 2.47. The van der Waals surface area contributed by atoms with Crippen molar-refractivity contribution >= 4 is 23.1 Å². The molecule has 0 saturated carbocycles. The Bertz CT molecular complexity index is 437. The van der Waals surface area contributed by atoms with E-state index in [2.05, 4.69) is 12.1 Å². The van der Waals surface area contributed by atoms with Gasteiger partial charge in [-0.05, 0) is 29.3 Å². The Labute approximate surface area is 104 Å². The van der Waals surface area contributed by atoms with E-state index in [9.17, 15) is 5.11 Å². The zero-order chi connectivity index (χ0) is 11.4. The lowest BCUT2D eigenvalue weighted by atomic mass is 10.1. The van der Waals surface area contributed by atoms with E-state index in [4.69, 9.17) is 0 Å². The van der Waals surface area contributed by atoms with Crippen molar-refractivity contribution in [1.82, 2.24) is 0 Å². The van der Waals surface area contributed by atoms with Crippen molar-refractivity contribution in [3.8, 4) is 0 Å². The summed E-state index contributed by atoms with van der Waals surface area (Å²) >= 11 is 3.37. The lowest BCUT2D eigenvalue weighted by molar-refractivity contribution is 0.176. The van der Waals surface area contributed by atoms with Gasteiger partial charge in [0.05, 0.1) is 6.10 Å². The molecule has 0 amide bonds. The highest BCUT2D eigenvalue weighted by Gasteiger charge is 2.12. The number of thiophene rings is 1. The summed E-state index contributed by atoms with van der Waals surface area (Å²) in [7, 11) is 0. The average Bonchev–Trinajstić information content (AvgIpc) is 2.81. The Balaban J connectivity index is 2.17. The fourth-order valence-electron chi connectivity index (χ4n) is 1.67. The van der Waals surface area contributed by atoms with Gasteiger partial charge in [-0.2, -0.15) is 0 Å². The fraction of sp³-hybridized carbons (Fsp3) is 0.231. The second-order valence-corrected chi connectivity index (χ2v) is 5.42. The average molecular weight is 250 g/mol. The molecule has 0 radical (unpaired) electrons. The molecule has 0 aliphatic carbocycles. The van der Waals surface area contributed by atoms with Gasteiger partial charge in [-0.15, -0.1) is 23.1 Å². The van der Waals surface area contributed by atoms with Gasteiger partial charge in [-0.1, -0.05) is 24.3 Å². The highest BCUT2D eigenvalue weighted by molar-refractivity contribution is 7.98. The van der Waals surface area contributed by atoms with Crippen molar-refractivity contribution in [2.24, 2.45) is 0 Å². The van der Waals surface area contributed by atoms with Crippen LogP contribution in [0.5, 0.6) is 0 Å². The minimum Gasteiger partial charge on any atom is -0.388 e. The molecule has 1 N–H and O–H groups in total. The fourth-order valence-corrected chi connectivity index (χ4v) is 3.07. The third kappa shape index (κ3) is 2.67. The van der Waals surface area contributed by atoms with Gasteiger partial charge in [0, 0.05) is 16.2 Å². The normalized spacial score (nSPS) is 12.6. The molecule has 0 aliphatic heterocycles. The minimum absolute atomic E-state index is 0.401. The topological polar surface area (TPSA) is 20.2 Å². The van der Waals surface area contributed by atoms with Crippen molar-refractivity contribution in [3.05, 3.63) is 52.2 Å². The summed E-state index contributed by atoms with van der Waals surface area (Å²) in [6.07, 6.45) is 2.34. The largest absolute Gasteiger partial charge is 0.388 e. The van der Waals surface area contributed by atoms with Crippen molar-refractivity contribution < 1.29 is 5.11 Å². The SMILES string of the molecule is CSc1ccccc1C(O)Cc1cccs1. The van der Waals surface area contributed by atoms with E-state index >= 15 is 0 Å². The molecule has 84 valence electrons. The molecule has 2 rings (SSSR count). The summed E-state index contributed by atoms with van der Waals surface area (Å²) in [5.41, 5.74) is 1.03. The van der Waals surface area contributed by atoms with E-state index in [0.717, 1.165) is 10.5 Å². The molecule has 0 spiro atoms. The maximum Gasteiger partial charge on any atom is 0.0849 e. The lowest BCUT2D eigenvalue weighted by Gasteiger charge is -2.13. The molecule has 1 nitrogen and oxygen atoms in total. The molecule has 3 heteroatoms. The van der Waals surface area contributed by atoms with Crippen LogP contribution < -0.4 is 0 Å². The van der Waals surface area contributed by atoms with Gasteiger partial charge in [0.15, 0.2) is 0 Å². The maximum atomic E-state index is 10.2. The predicted octanol–water partition coefficient (Wildman–Crippen LogP) is 3.75. The number of aliphatic hydroxyl groups is 1. The maximum absolute atomic E-state index is 10.2. The van der Waals surface area contributed by atoms with Crippen LogP contribution in [-0.2, 0) is 6.42 Å². The van der Waals surface area contributed by atoms with Gasteiger partial charge in [-0.25, -0.2) is 0 Å². The summed E-state index contributed by atoms with van der Waals surface area (Å²) in [5.74, 6) is 0. The smallest absolute Gasteiger partial charge is 0.0849 e. The molecule has 1 aromatic heterocycles. The zero-order valence-corrected chi connectivity index (χ0v) is 10.7. The van der Waals surface area contributed by atoms with E-state index in [1.54, 1.807) is 23.1 Å². The minimum atomic E-state index is -0.401. The zero-order valence-electron chi connectivity index (χ0n) is 9.09. The first kappa shape index (κ1) is 11.7. The summed E-state index contributed by atoms with van der Waals surface area (Å²) < 4.78 is 0. The second kappa shape index (κ2) is 5.53. The molecule has 16 heavy (non-hydrogen) atoms. The Morgan fingerprint density at radius 3 is 2.75 bits per heavy atom. The van der Waals surface area contributed by atoms with Crippen LogP contribution in [-0.4, -0.2) is 11.4 Å². The molecule has 0 aliphatic rings. The van der Waals surface area contributed by atoms with Gasteiger partial charge >= 0.3 is 0 Å². The van der Waals surface area contributed by atoms with Crippen LogP contribution in [0.3, 0.4) is 0 Å².